The van der Waals surface area contributed by atoms with Gasteiger partial charge >= 0.3 is 0 Å². The van der Waals surface area contributed by atoms with E-state index in [4.69, 9.17) is 8.23 Å². The van der Waals surface area contributed by atoms with Crippen molar-refractivity contribution >= 4 is 54.5 Å². The smallest absolute Gasteiger partial charge is 0.191 e. The Hall–Kier alpha value is 0.358. The minimum atomic E-state index is -1.48. The first-order chi connectivity index (χ1) is 8.61. The molecule has 0 heterocycles. The summed E-state index contributed by atoms with van der Waals surface area (Å²) in [5.41, 5.74) is 0. The van der Waals surface area contributed by atoms with Crippen LogP contribution in [0.5, 0.6) is 0 Å². The number of thiol groups is 1. The Bertz CT molecular complexity index is 341. The zero-order valence-corrected chi connectivity index (χ0v) is 18.0. The normalized spacial score (nSPS) is 17.1. The molecule has 0 aliphatic rings. The number of hydrogen-bond donors (Lipinski definition) is 1. The van der Waals surface area contributed by atoms with E-state index in [1.165, 1.54) is 17.7 Å². The van der Waals surface area contributed by atoms with Gasteiger partial charge in [-0.25, -0.2) is 0 Å². The van der Waals surface area contributed by atoms with Gasteiger partial charge in [-0.2, -0.15) is 12.6 Å². The molecule has 0 amide bonds. The lowest BCUT2D eigenvalue weighted by Gasteiger charge is -2.27. The van der Waals surface area contributed by atoms with E-state index in [2.05, 4.69) is 56.1 Å². The molecule has 0 radical (unpaired) electrons. The number of benzene rings is 1. The lowest BCUT2D eigenvalue weighted by atomic mass is 10.4. The molecule has 0 N–H and O–H groups in total. The van der Waals surface area contributed by atoms with Gasteiger partial charge in [-0.1, -0.05) is 30.3 Å². The molecule has 1 aromatic carbocycles. The summed E-state index contributed by atoms with van der Waals surface area (Å²) in [7, 11) is -2.32. The molecule has 0 spiro atoms. The van der Waals surface area contributed by atoms with Crippen molar-refractivity contribution in [2.45, 2.75) is 25.6 Å². The van der Waals surface area contributed by atoms with Gasteiger partial charge in [-0.3, -0.25) is 0 Å². The average molecular weight is 333 g/mol. The predicted octanol–water partition coefficient (Wildman–Crippen LogP) is 0.0365. The van der Waals surface area contributed by atoms with Crippen LogP contribution in [0.2, 0.25) is 19.1 Å². The molecule has 18 heavy (non-hydrogen) atoms. The average Bonchev–Trinajstić information content (AvgIpc) is 2.43. The van der Waals surface area contributed by atoms with Crippen LogP contribution >= 0.6 is 12.6 Å². The monoisotopic (exact) mass is 332 g/mol. The van der Waals surface area contributed by atoms with Crippen molar-refractivity contribution in [1.82, 2.24) is 0 Å². The van der Waals surface area contributed by atoms with Gasteiger partial charge < -0.3 is 8.23 Å². The van der Waals surface area contributed by atoms with Crippen LogP contribution in [-0.2, 0) is 8.23 Å². The minimum Gasteiger partial charge on any atom is -0.464 e. The molecule has 2 nitrogen and oxygen atoms in total. The van der Waals surface area contributed by atoms with Crippen LogP contribution in [0.4, 0.5) is 0 Å². The van der Waals surface area contributed by atoms with Crippen molar-refractivity contribution in [3.8, 4) is 0 Å². The van der Waals surface area contributed by atoms with E-state index >= 15 is 0 Å². The molecule has 0 saturated carbocycles. The maximum atomic E-state index is 6.29. The van der Waals surface area contributed by atoms with E-state index in [1.54, 1.807) is 0 Å². The summed E-state index contributed by atoms with van der Waals surface area (Å²) >= 11 is 4.30. The largest absolute Gasteiger partial charge is 0.464 e. The Morgan fingerprint density at radius 3 is 2.61 bits per heavy atom. The quantitative estimate of drug-likeness (QED) is 0.535. The van der Waals surface area contributed by atoms with Crippen molar-refractivity contribution in [3.63, 3.8) is 0 Å². The molecule has 0 saturated heterocycles. The molecule has 2 unspecified atom stereocenters. The number of rotatable bonds is 8. The highest BCUT2D eigenvalue weighted by Crippen LogP contribution is 2.12. The Labute approximate surface area is 124 Å². The molecule has 0 aromatic heterocycles. The summed E-state index contributed by atoms with van der Waals surface area (Å²) in [5.74, 6) is 0.966. The molecule has 2 atom stereocenters. The van der Waals surface area contributed by atoms with Gasteiger partial charge in [0.25, 0.3) is 0 Å². The van der Waals surface area contributed by atoms with Crippen LogP contribution < -0.4 is 5.19 Å². The van der Waals surface area contributed by atoms with Crippen LogP contribution in [0.15, 0.2) is 30.3 Å². The maximum Gasteiger partial charge on any atom is 0.191 e. The first kappa shape index (κ1) is 16.4. The van der Waals surface area contributed by atoms with Gasteiger partial charge in [0, 0.05) is 0 Å². The van der Waals surface area contributed by atoms with Gasteiger partial charge in [-0.15, -0.1) is 0 Å². The lowest BCUT2D eigenvalue weighted by molar-refractivity contribution is 0.587. The van der Waals surface area contributed by atoms with E-state index < -0.39 is 26.2 Å². The topological polar surface area (TPSA) is 18.5 Å². The Kier molecular flexibility index (Phi) is 7.76. The Morgan fingerprint density at radius 1 is 1.39 bits per heavy atom. The zero-order chi connectivity index (χ0) is 13.4. The molecule has 0 aliphatic heterocycles. The SMILES string of the molecule is C[SiH](O[SiH2][Si](C)(CCCS)O[SiH3])c1ccccc1. The second kappa shape index (κ2) is 8.51. The summed E-state index contributed by atoms with van der Waals surface area (Å²) in [6.07, 6.45) is 1.17. The summed E-state index contributed by atoms with van der Waals surface area (Å²) in [6, 6.07) is 11.9. The van der Waals surface area contributed by atoms with E-state index in [0.717, 1.165) is 16.2 Å². The molecular formula is C11H24O2SSi4. The fourth-order valence-corrected chi connectivity index (χ4v) is 16.2. The lowest BCUT2D eigenvalue weighted by Crippen LogP contribution is -2.47. The van der Waals surface area contributed by atoms with E-state index in [0.29, 0.717) is 0 Å². The summed E-state index contributed by atoms with van der Waals surface area (Å²) in [4.78, 5) is 0. The Morgan fingerprint density at radius 2 is 2.06 bits per heavy atom. The van der Waals surface area contributed by atoms with Gasteiger partial charge in [0.2, 0.25) is 0 Å². The van der Waals surface area contributed by atoms with Crippen LogP contribution in [-0.4, -0.2) is 42.4 Å². The molecule has 7 heteroatoms. The van der Waals surface area contributed by atoms with Crippen LogP contribution in [0.3, 0.4) is 0 Å². The molecule has 102 valence electrons. The van der Waals surface area contributed by atoms with E-state index in [9.17, 15) is 0 Å². The maximum absolute atomic E-state index is 6.29. The fourth-order valence-electron chi connectivity index (χ4n) is 1.81. The first-order valence-electron chi connectivity index (χ1n) is 6.44. The second-order valence-electron chi connectivity index (χ2n) is 4.85. The molecule has 1 aromatic rings. The Balaban J connectivity index is 2.47. The van der Waals surface area contributed by atoms with Crippen molar-refractivity contribution in [3.05, 3.63) is 30.3 Å². The van der Waals surface area contributed by atoms with Crippen molar-refractivity contribution in [2.24, 2.45) is 0 Å². The molecule has 0 fully saturated rings. The third-order valence-corrected chi connectivity index (χ3v) is 20.5. The first-order valence-corrected chi connectivity index (χ1v) is 15.6. The van der Waals surface area contributed by atoms with Crippen LogP contribution in [0.1, 0.15) is 6.42 Å². The summed E-state index contributed by atoms with van der Waals surface area (Å²) < 4.78 is 12.2. The fraction of sp³-hybridized carbons (Fsp3) is 0.455. The molecule has 0 bridgehead atoms. The van der Waals surface area contributed by atoms with E-state index in [-0.39, 0.29) is 0 Å². The zero-order valence-electron chi connectivity index (χ0n) is 11.6. The highest BCUT2D eigenvalue weighted by atomic mass is 32.1. The van der Waals surface area contributed by atoms with Crippen LogP contribution in [0, 0.1) is 0 Å². The highest BCUT2D eigenvalue weighted by molar-refractivity contribution is 7.80. The predicted molar refractivity (Wildman–Crippen MR) is 94.6 cm³/mol. The highest BCUT2D eigenvalue weighted by Gasteiger charge is 2.28. The van der Waals surface area contributed by atoms with Gasteiger partial charge in [0.15, 0.2) is 26.2 Å². The molecule has 1 rings (SSSR count). The minimum absolute atomic E-state index is 0.504. The second-order valence-corrected chi connectivity index (χ2v) is 19.3. The van der Waals surface area contributed by atoms with E-state index in [1.807, 2.05) is 0 Å². The molecule has 0 aliphatic carbocycles. The van der Waals surface area contributed by atoms with Crippen molar-refractivity contribution in [2.75, 3.05) is 5.75 Å². The van der Waals surface area contributed by atoms with Crippen LogP contribution in [0.25, 0.3) is 0 Å². The summed E-state index contributed by atoms with van der Waals surface area (Å²) in [6.45, 7) is 4.63. The van der Waals surface area contributed by atoms with Crippen molar-refractivity contribution in [1.29, 1.82) is 0 Å². The molecular weight excluding hydrogens is 309 g/mol. The third kappa shape index (κ3) is 5.55. The van der Waals surface area contributed by atoms with Crippen molar-refractivity contribution < 1.29 is 8.23 Å². The van der Waals surface area contributed by atoms with Gasteiger partial charge in [-0.05, 0) is 36.5 Å². The standard InChI is InChI=1S/C11H24O2SSi4/c1-17(11-7-4-3-5-8-11)13-16-18(2,12-15)10-6-9-14/h3-5,7-8,14,17H,6,9-10,16H2,1-2,15H3. The number of hydrogen-bond acceptors (Lipinski definition) is 3. The van der Waals surface area contributed by atoms with Gasteiger partial charge in [0.1, 0.15) is 10.5 Å². The summed E-state index contributed by atoms with van der Waals surface area (Å²) in [5, 5.41) is 1.41. The van der Waals surface area contributed by atoms with Gasteiger partial charge in [0.05, 0.1) is 0 Å². The third-order valence-electron chi connectivity index (χ3n) is 3.26.